The Bertz CT molecular complexity index is 966. The van der Waals surface area contributed by atoms with Gasteiger partial charge in [-0.05, 0) is 36.8 Å². The van der Waals surface area contributed by atoms with E-state index in [2.05, 4.69) is 4.74 Å². The van der Waals surface area contributed by atoms with Gasteiger partial charge in [0, 0.05) is 11.9 Å². The molecule has 0 atom stereocenters. The molecule has 1 heterocycles. The Morgan fingerprint density at radius 1 is 1.12 bits per heavy atom. The lowest BCUT2D eigenvalue weighted by molar-refractivity contribution is -0.135. The van der Waals surface area contributed by atoms with Crippen LogP contribution in [0.25, 0.3) is 0 Å². The molecule has 0 spiro atoms. The number of hydrogen-bond donors (Lipinski definition) is 0. The van der Waals surface area contributed by atoms with Crippen molar-refractivity contribution in [2.24, 2.45) is 0 Å². The van der Waals surface area contributed by atoms with Gasteiger partial charge in [0.15, 0.2) is 4.91 Å². The molecular weight excluding hydrogens is 333 g/mol. The lowest BCUT2D eigenvalue weighted by Gasteiger charge is -2.29. The van der Waals surface area contributed by atoms with Gasteiger partial charge in [-0.1, -0.05) is 18.2 Å². The minimum absolute atomic E-state index is 0.143. The zero-order valence-corrected chi connectivity index (χ0v) is 13.8. The van der Waals surface area contributed by atoms with Crippen LogP contribution < -0.4 is 4.90 Å². The molecule has 2 aromatic carbocycles. The van der Waals surface area contributed by atoms with E-state index in [1.165, 1.54) is 11.1 Å². The van der Waals surface area contributed by atoms with Crippen LogP contribution in [0.5, 0.6) is 0 Å². The van der Waals surface area contributed by atoms with Gasteiger partial charge < -0.3 is 9.64 Å². The molecule has 0 unspecified atom stereocenters. The van der Waals surface area contributed by atoms with Crippen molar-refractivity contribution in [3.63, 3.8) is 0 Å². The van der Waals surface area contributed by atoms with Gasteiger partial charge in [-0.2, -0.15) is 0 Å². The lowest BCUT2D eigenvalue weighted by atomic mass is 10.1. The highest BCUT2D eigenvalue weighted by atomic mass is 32.2. The van der Waals surface area contributed by atoms with Crippen molar-refractivity contribution in [3.05, 3.63) is 65.0 Å². The largest absolute Gasteiger partial charge is 0.465 e. The monoisotopic (exact) mass is 347 g/mol. The first-order chi connectivity index (χ1) is 11.4. The quantitative estimate of drug-likeness (QED) is 0.617. The molecule has 24 heavy (non-hydrogen) atoms. The fourth-order valence-electron chi connectivity index (χ4n) is 2.58. The summed E-state index contributed by atoms with van der Waals surface area (Å²) in [4.78, 5) is 12.8. The molecule has 2 aromatic rings. The Morgan fingerprint density at radius 3 is 2.50 bits per heavy atom. The molecule has 0 N–H and O–H groups in total. The number of nitrogens with zero attached hydrogens (tertiary/aromatic N) is 1. The molecule has 0 bridgehead atoms. The summed E-state index contributed by atoms with van der Waals surface area (Å²) in [5.41, 5.74) is 1.63. The lowest BCUT2D eigenvalue weighted by Crippen LogP contribution is -2.26. The van der Waals surface area contributed by atoms with E-state index in [0.717, 1.165) is 30.9 Å². The van der Waals surface area contributed by atoms with Gasteiger partial charge in [-0.15, -0.1) is 0 Å². The maximum absolute atomic E-state index is 13.7. The van der Waals surface area contributed by atoms with Crippen LogP contribution in [0, 0.1) is 12.7 Å². The number of esters is 1. The second kappa shape index (κ2) is 5.76. The second-order valence-electron chi connectivity index (χ2n) is 5.26. The van der Waals surface area contributed by atoms with E-state index in [1.54, 1.807) is 12.1 Å². The number of methoxy groups -OCH3 is 1. The SMILES string of the molecule is COC(=O)C1=CN(c2ccccc2C)c2cc(F)ccc2S1(=O)=O. The van der Waals surface area contributed by atoms with Crippen molar-refractivity contribution >= 4 is 27.2 Å². The smallest absolute Gasteiger partial charge is 0.351 e. The van der Waals surface area contributed by atoms with Crippen molar-refractivity contribution in [2.45, 2.75) is 11.8 Å². The number of carbonyl (C=O) groups is 1. The van der Waals surface area contributed by atoms with Crippen LogP contribution in [0.2, 0.25) is 0 Å². The van der Waals surface area contributed by atoms with Crippen LogP contribution in [0.3, 0.4) is 0 Å². The Hall–Kier alpha value is -2.67. The van der Waals surface area contributed by atoms with Crippen LogP contribution >= 0.6 is 0 Å². The molecule has 0 radical (unpaired) electrons. The van der Waals surface area contributed by atoms with E-state index in [0.29, 0.717) is 5.69 Å². The Morgan fingerprint density at radius 2 is 1.83 bits per heavy atom. The third-order valence-electron chi connectivity index (χ3n) is 3.77. The van der Waals surface area contributed by atoms with E-state index in [4.69, 9.17) is 0 Å². The number of fused-ring (bicyclic) bond motifs is 1. The second-order valence-corrected chi connectivity index (χ2v) is 7.14. The number of aryl methyl sites for hydroxylation is 1. The van der Waals surface area contributed by atoms with Gasteiger partial charge in [0.05, 0.1) is 17.7 Å². The average Bonchev–Trinajstić information content (AvgIpc) is 2.55. The molecule has 0 saturated carbocycles. The number of para-hydroxylation sites is 1. The molecule has 5 nitrogen and oxygen atoms in total. The number of ether oxygens (including phenoxy) is 1. The number of hydrogen-bond acceptors (Lipinski definition) is 5. The molecule has 1 aliphatic rings. The summed E-state index contributed by atoms with van der Waals surface area (Å²) in [5, 5.41) is 0. The van der Waals surface area contributed by atoms with Crippen LogP contribution in [-0.4, -0.2) is 21.5 Å². The topological polar surface area (TPSA) is 63.7 Å². The Balaban J connectivity index is 2.34. The van der Waals surface area contributed by atoms with Crippen molar-refractivity contribution in [1.82, 2.24) is 0 Å². The number of benzene rings is 2. The summed E-state index contributed by atoms with van der Waals surface area (Å²) in [7, 11) is -2.98. The van der Waals surface area contributed by atoms with Gasteiger partial charge in [-0.25, -0.2) is 17.6 Å². The summed E-state index contributed by atoms with van der Waals surface area (Å²) < 4.78 is 43.6. The fraction of sp³-hybridized carbons (Fsp3) is 0.118. The molecule has 0 aromatic heterocycles. The van der Waals surface area contributed by atoms with E-state index < -0.39 is 26.5 Å². The number of sulfone groups is 1. The molecule has 7 heteroatoms. The third-order valence-corrected chi connectivity index (χ3v) is 5.54. The van der Waals surface area contributed by atoms with Gasteiger partial charge in [0.2, 0.25) is 9.84 Å². The van der Waals surface area contributed by atoms with Gasteiger partial charge in [-0.3, -0.25) is 0 Å². The fourth-order valence-corrected chi connectivity index (χ4v) is 4.04. The minimum atomic E-state index is -4.09. The van der Waals surface area contributed by atoms with E-state index in [1.807, 2.05) is 19.1 Å². The van der Waals surface area contributed by atoms with Crippen molar-refractivity contribution in [1.29, 1.82) is 0 Å². The molecular formula is C17H14FNO4S. The van der Waals surface area contributed by atoms with Crippen LogP contribution in [0.1, 0.15) is 5.56 Å². The van der Waals surface area contributed by atoms with Crippen LogP contribution in [0.4, 0.5) is 15.8 Å². The van der Waals surface area contributed by atoms with Crippen LogP contribution in [-0.2, 0) is 19.4 Å². The summed E-state index contributed by atoms with van der Waals surface area (Å²) in [6.07, 6.45) is 1.17. The van der Waals surface area contributed by atoms with Gasteiger partial charge >= 0.3 is 5.97 Å². The zero-order valence-electron chi connectivity index (χ0n) is 13.0. The Kier molecular flexibility index (Phi) is 3.88. The van der Waals surface area contributed by atoms with Gasteiger partial charge in [0.1, 0.15) is 5.82 Å². The molecule has 0 fully saturated rings. The van der Waals surface area contributed by atoms with E-state index in [9.17, 15) is 17.6 Å². The van der Waals surface area contributed by atoms with Crippen LogP contribution in [0.15, 0.2) is 58.5 Å². The maximum atomic E-state index is 13.7. The Labute approximate surface area is 138 Å². The normalized spacial score (nSPS) is 15.5. The summed E-state index contributed by atoms with van der Waals surface area (Å²) in [6, 6.07) is 10.5. The van der Waals surface area contributed by atoms with Crippen molar-refractivity contribution in [2.75, 3.05) is 12.0 Å². The third kappa shape index (κ3) is 2.46. The van der Waals surface area contributed by atoms with Crippen molar-refractivity contribution < 1.29 is 22.3 Å². The zero-order chi connectivity index (χ0) is 17.5. The number of anilines is 2. The van der Waals surface area contributed by atoms with Gasteiger partial charge in [0.25, 0.3) is 0 Å². The highest BCUT2D eigenvalue weighted by Crippen LogP contribution is 2.41. The highest BCUT2D eigenvalue weighted by molar-refractivity contribution is 7.96. The summed E-state index contributed by atoms with van der Waals surface area (Å²) >= 11 is 0. The number of halogens is 1. The van der Waals surface area contributed by atoms with Crippen molar-refractivity contribution in [3.8, 4) is 0 Å². The molecule has 1 aliphatic heterocycles. The molecule has 3 rings (SSSR count). The highest BCUT2D eigenvalue weighted by Gasteiger charge is 2.37. The summed E-state index contributed by atoms with van der Waals surface area (Å²) in [5.74, 6) is -1.54. The van der Waals surface area contributed by atoms with E-state index >= 15 is 0 Å². The maximum Gasteiger partial charge on any atom is 0.351 e. The molecule has 0 aliphatic carbocycles. The molecule has 0 saturated heterocycles. The first kappa shape index (κ1) is 16.2. The average molecular weight is 347 g/mol. The summed E-state index contributed by atoms with van der Waals surface area (Å²) in [6.45, 7) is 1.84. The number of rotatable bonds is 2. The van der Waals surface area contributed by atoms with E-state index in [-0.39, 0.29) is 10.6 Å². The first-order valence-corrected chi connectivity index (χ1v) is 8.54. The number of carbonyl (C=O) groups excluding carboxylic acids is 1. The predicted molar refractivity (Wildman–Crippen MR) is 87.0 cm³/mol. The molecule has 124 valence electrons. The standard InChI is InChI=1S/C17H14FNO4S/c1-11-5-3-4-6-13(11)19-10-16(17(20)23-2)24(21,22)15-8-7-12(18)9-14(15)19/h3-10H,1-2H3. The predicted octanol–water partition coefficient (Wildman–Crippen LogP) is 3.07. The first-order valence-electron chi connectivity index (χ1n) is 7.06. The minimum Gasteiger partial charge on any atom is -0.465 e. The molecule has 0 amide bonds.